The Labute approximate surface area is 165 Å². The van der Waals surface area contributed by atoms with Gasteiger partial charge in [-0.05, 0) is 31.2 Å². The average Bonchev–Trinajstić information content (AvgIpc) is 3.08. The summed E-state index contributed by atoms with van der Waals surface area (Å²) in [6.45, 7) is 1.69. The van der Waals surface area contributed by atoms with Crippen LogP contribution in [0.2, 0.25) is 0 Å². The molecule has 0 radical (unpaired) electrons. The van der Waals surface area contributed by atoms with Crippen LogP contribution in [-0.2, 0) is 4.74 Å². The molecule has 0 aliphatic carbocycles. The van der Waals surface area contributed by atoms with Crippen molar-refractivity contribution in [2.24, 2.45) is 0 Å². The van der Waals surface area contributed by atoms with E-state index < -0.39 is 11.9 Å². The molecule has 2 aromatic carbocycles. The first-order valence-corrected chi connectivity index (χ1v) is 9.13. The monoisotopic (exact) mass is 395 g/mol. The third kappa shape index (κ3) is 4.24. The Kier molecular flexibility index (Phi) is 5.81. The van der Waals surface area contributed by atoms with Gasteiger partial charge in [0.05, 0.1) is 23.9 Å². The van der Waals surface area contributed by atoms with Crippen molar-refractivity contribution in [1.29, 1.82) is 0 Å². The second kappa shape index (κ2) is 8.45. The summed E-state index contributed by atoms with van der Waals surface area (Å²) >= 11 is 1.06. The van der Waals surface area contributed by atoms with Crippen molar-refractivity contribution in [3.8, 4) is 0 Å². The van der Waals surface area contributed by atoms with Gasteiger partial charge in [0.2, 0.25) is 0 Å². The molecule has 0 saturated heterocycles. The van der Waals surface area contributed by atoms with Gasteiger partial charge >= 0.3 is 5.97 Å². The number of benzene rings is 2. The third-order valence-corrected chi connectivity index (χ3v) is 4.90. The van der Waals surface area contributed by atoms with Crippen molar-refractivity contribution in [3.05, 3.63) is 76.3 Å². The summed E-state index contributed by atoms with van der Waals surface area (Å²) in [5.74, 6) is -1.43. The van der Waals surface area contributed by atoms with Gasteiger partial charge in [-0.25, -0.2) is 9.78 Å². The van der Waals surface area contributed by atoms with E-state index >= 15 is 0 Å². The normalized spacial score (nSPS) is 10.2. The van der Waals surface area contributed by atoms with Gasteiger partial charge in [0, 0.05) is 5.69 Å². The fourth-order valence-electron chi connectivity index (χ4n) is 2.50. The molecule has 0 spiro atoms. The molecular weight excluding hydrogens is 378 g/mol. The van der Waals surface area contributed by atoms with Crippen molar-refractivity contribution in [3.63, 3.8) is 0 Å². The lowest BCUT2D eigenvalue weighted by Gasteiger charge is -2.06. The van der Waals surface area contributed by atoms with Gasteiger partial charge in [0.25, 0.3) is 11.8 Å². The summed E-state index contributed by atoms with van der Waals surface area (Å²) in [7, 11) is 1.25. The number of hydrogen-bond acceptors (Lipinski definition) is 6. The van der Waals surface area contributed by atoms with Crippen LogP contribution in [0, 0.1) is 6.92 Å². The lowest BCUT2D eigenvalue weighted by atomic mass is 10.1. The summed E-state index contributed by atoms with van der Waals surface area (Å²) in [6, 6.07) is 15.4. The summed E-state index contributed by atoms with van der Waals surface area (Å²) in [5.41, 5.74) is 1.48. The predicted octanol–water partition coefficient (Wildman–Crippen LogP) is 3.74. The largest absolute Gasteiger partial charge is 0.465 e. The minimum absolute atomic E-state index is 0.151. The number of carbonyl (C=O) groups is 3. The second-order valence-corrected chi connectivity index (χ2v) is 6.74. The lowest BCUT2D eigenvalue weighted by Crippen LogP contribution is -2.17. The summed E-state index contributed by atoms with van der Waals surface area (Å²) in [5, 5.41) is 5.69. The highest BCUT2D eigenvalue weighted by molar-refractivity contribution is 7.17. The smallest absolute Gasteiger partial charge is 0.338 e. The van der Waals surface area contributed by atoms with Crippen LogP contribution in [0.25, 0.3) is 0 Å². The zero-order valence-electron chi connectivity index (χ0n) is 15.2. The van der Waals surface area contributed by atoms with E-state index in [1.165, 1.54) is 19.2 Å². The summed E-state index contributed by atoms with van der Waals surface area (Å²) in [4.78, 5) is 41.5. The SMILES string of the molecule is COC(=O)c1ccccc1C(=O)Nc1nc(C)c(C(=O)Nc2ccccc2)s1. The highest BCUT2D eigenvalue weighted by Gasteiger charge is 2.20. The van der Waals surface area contributed by atoms with Crippen molar-refractivity contribution < 1.29 is 19.1 Å². The van der Waals surface area contributed by atoms with Crippen LogP contribution < -0.4 is 10.6 Å². The molecule has 2 N–H and O–H groups in total. The lowest BCUT2D eigenvalue weighted by molar-refractivity contribution is 0.0597. The molecule has 2 amide bonds. The maximum Gasteiger partial charge on any atom is 0.338 e. The van der Waals surface area contributed by atoms with E-state index in [0.717, 1.165) is 11.3 Å². The number of aromatic nitrogens is 1. The Balaban J connectivity index is 1.78. The molecule has 0 atom stereocenters. The number of para-hydroxylation sites is 1. The molecule has 3 rings (SSSR count). The van der Waals surface area contributed by atoms with E-state index in [4.69, 9.17) is 4.74 Å². The molecule has 0 bridgehead atoms. The molecular formula is C20H17N3O4S. The number of ether oxygens (including phenoxy) is 1. The van der Waals surface area contributed by atoms with Crippen LogP contribution in [0.5, 0.6) is 0 Å². The molecule has 28 heavy (non-hydrogen) atoms. The number of amides is 2. The zero-order chi connectivity index (χ0) is 20.1. The topological polar surface area (TPSA) is 97.4 Å². The van der Waals surface area contributed by atoms with Gasteiger partial charge in [0.15, 0.2) is 5.13 Å². The Morgan fingerprint density at radius 1 is 0.893 bits per heavy atom. The van der Waals surface area contributed by atoms with Crippen LogP contribution in [0.4, 0.5) is 10.8 Å². The fourth-order valence-corrected chi connectivity index (χ4v) is 3.36. The number of hydrogen-bond donors (Lipinski definition) is 2. The number of aryl methyl sites for hydroxylation is 1. The standard InChI is InChI=1S/C20H17N3O4S/c1-12-16(18(25)22-13-8-4-3-5-9-13)28-20(21-12)23-17(24)14-10-6-7-11-15(14)19(26)27-2/h3-11H,1-2H3,(H,22,25)(H,21,23,24). The number of rotatable bonds is 5. The van der Waals surface area contributed by atoms with Crippen LogP contribution in [0.1, 0.15) is 36.1 Å². The van der Waals surface area contributed by atoms with Crippen molar-refractivity contribution in [2.45, 2.75) is 6.92 Å². The molecule has 1 heterocycles. The molecule has 142 valence electrons. The molecule has 0 aliphatic rings. The number of thiazole rings is 1. The highest BCUT2D eigenvalue weighted by atomic mass is 32.1. The van der Waals surface area contributed by atoms with Crippen molar-refractivity contribution >= 4 is 39.9 Å². The Hall–Kier alpha value is -3.52. The Morgan fingerprint density at radius 2 is 1.54 bits per heavy atom. The maximum atomic E-state index is 12.6. The highest BCUT2D eigenvalue weighted by Crippen LogP contribution is 2.24. The molecule has 0 unspecified atom stereocenters. The molecule has 8 heteroatoms. The Morgan fingerprint density at radius 3 is 2.21 bits per heavy atom. The molecule has 7 nitrogen and oxygen atoms in total. The van der Waals surface area contributed by atoms with Crippen LogP contribution in [0.3, 0.4) is 0 Å². The van der Waals surface area contributed by atoms with Crippen LogP contribution >= 0.6 is 11.3 Å². The van der Waals surface area contributed by atoms with Crippen LogP contribution in [0.15, 0.2) is 54.6 Å². The quantitative estimate of drug-likeness (QED) is 0.642. The molecule has 0 saturated carbocycles. The summed E-state index contributed by atoms with van der Waals surface area (Å²) < 4.78 is 4.70. The third-order valence-electron chi connectivity index (χ3n) is 3.83. The number of carbonyl (C=O) groups excluding carboxylic acids is 3. The minimum atomic E-state index is -0.607. The second-order valence-electron chi connectivity index (χ2n) is 5.74. The van der Waals surface area contributed by atoms with E-state index in [0.29, 0.717) is 16.3 Å². The van der Waals surface area contributed by atoms with E-state index in [9.17, 15) is 14.4 Å². The van der Waals surface area contributed by atoms with E-state index in [1.54, 1.807) is 31.2 Å². The predicted molar refractivity (Wildman–Crippen MR) is 107 cm³/mol. The first-order chi connectivity index (χ1) is 13.5. The summed E-state index contributed by atoms with van der Waals surface area (Å²) in [6.07, 6.45) is 0. The molecule has 1 aromatic heterocycles. The maximum absolute atomic E-state index is 12.6. The van der Waals surface area contributed by atoms with E-state index in [1.807, 2.05) is 18.2 Å². The molecule has 0 aliphatic heterocycles. The van der Waals surface area contributed by atoms with Gasteiger partial charge in [-0.1, -0.05) is 41.7 Å². The first-order valence-electron chi connectivity index (χ1n) is 8.32. The fraction of sp³-hybridized carbons (Fsp3) is 0.100. The Bertz CT molecular complexity index is 1030. The zero-order valence-corrected chi connectivity index (χ0v) is 16.0. The van der Waals surface area contributed by atoms with Crippen LogP contribution in [-0.4, -0.2) is 29.9 Å². The van der Waals surface area contributed by atoms with Gasteiger partial charge in [0.1, 0.15) is 4.88 Å². The van der Waals surface area contributed by atoms with Crippen molar-refractivity contribution in [1.82, 2.24) is 4.98 Å². The van der Waals surface area contributed by atoms with E-state index in [2.05, 4.69) is 15.6 Å². The number of nitrogens with zero attached hydrogens (tertiary/aromatic N) is 1. The molecule has 3 aromatic rings. The number of anilines is 2. The number of methoxy groups -OCH3 is 1. The van der Waals surface area contributed by atoms with Gasteiger partial charge in [-0.15, -0.1) is 0 Å². The van der Waals surface area contributed by atoms with Gasteiger partial charge in [-0.3, -0.25) is 14.9 Å². The molecule has 0 fully saturated rings. The van der Waals surface area contributed by atoms with Gasteiger partial charge in [-0.2, -0.15) is 0 Å². The minimum Gasteiger partial charge on any atom is -0.465 e. The van der Waals surface area contributed by atoms with Crippen molar-refractivity contribution in [2.75, 3.05) is 17.7 Å². The number of esters is 1. The van der Waals surface area contributed by atoms with Gasteiger partial charge < -0.3 is 10.1 Å². The number of nitrogens with one attached hydrogen (secondary N) is 2. The van der Waals surface area contributed by atoms with E-state index in [-0.39, 0.29) is 22.2 Å². The average molecular weight is 395 g/mol. The first kappa shape index (κ1) is 19.2.